The van der Waals surface area contributed by atoms with E-state index in [9.17, 15) is 0 Å². The zero-order valence-electron chi connectivity index (χ0n) is 10.0. The molecule has 2 aliphatic heterocycles. The minimum Gasteiger partial charge on any atom is -0.378 e. The highest BCUT2D eigenvalue weighted by Crippen LogP contribution is 2.23. The molecule has 0 amide bonds. The van der Waals surface area contributed by atoms with Crippen molar-refractivity contribution in [2.24, 2.45) is 5.92 Å². The van der Waals surface area contributed by atoms with Crippen molar-refractivity contribution in [3.05, 3.63) is 0 Å². The second kappa shape index (κ2) is 5.28. The van der Waals surface area contributed by atoms with Gasteiger partial charge in [-0.1, -0.05) is 13.8 Å². The Hall–Kier alpha value is -0.120. The topological polar surface area (TPSA) is 24.5 Å². The summed E-state index contributed by atoms with van der Waals surface area (Å²) in [7, 11) is 0. The van der Waals surface area contributed by atoms with Gasteiger partial charge in [-0.2, -0.15) is 0 Å². The first kappa shape index (κ1) is 11.4. The van der Waals surface area contributed by atoms with Crippen molar-refractivity contribution >= 4 is 0 Å². The molecule has 3 atom stereocenters. The van der Waals surface area contributed by atoms with Gasteiger partial charge in [0.1, 0.15) is 0 Å². The minimum absolute atomic E-state index is 0.657. The third kappa shape index (κ3) is 2.52. The Morgan fingerprint density at radius 1 is 1.47 bits per heavy atom. The van der Waals surface area contributed by atoms with E-state index in [1.165, 1.54) is 25.9 Å². The summed E-state index contributed by atoms with van der Waals surface area (Å²) in [5, 5.41) is 3.48. The molecule has 0 aromatic heterocycles. The molecule has 0 aromatic carbocycles. The quantitative estimate of drug-likeness (QED) is 0.742. The van der Waals surface area contributed by atoms with Crippen LogP contribution in [0.3, 0.4) is 0 Å². The largest absolute Gasteiger partial charge is 0.378 e. The first-order valence-corrected chi connectivity index (χ1v) is 6.37. The lowest BCUT2D eigenvalue weighted by molar-refractivity contribution is -0.0462. The molecule has 2 rings (SSSR count). The molecule has 3 unspecified atom stereocenters. The summed E-state index contributed by atoms with van der Waals surface area (Å²) in [4.78, 5) is 2.70. The van der Waals surface area contributed by atoms with Crippen LogP contribution in [0.1, 0.15) is 26.7 Å². The average molecular weight is 212 g/mol. The Labute approximate surface area is 93.2 Å². The second-order valence-electron chi connectivity index (χ2n) is 4.91. The Balaban J connectivity index is 1.99. The molecule has 2 aliphatic rings. The molecule has 3 nitrogen and oxygen atoms in total. The summed E-state index contributed by atoms with van der Waals surface area (Å²) < 4.78 is 5.57. The number of nitrogens with one attached hydrogen (secondary N) is 1. The molecule has 2 fully saturated rings. The zero-order chi connectivity index (χ0) is 10.7. The van der Waals surface area contributed by atoms with Crippen LogP contribution in [0.4, 0.5) is 0 Å². The molecule has 0 spiro atoms. The Morgan fingerprint density at radius 2 is 2.33 bits per heavy atom. The van der Waals surface area contributed by atoms with Gasteiger partial charge in [-0.25, -0.2) is 0 Å². The smallest absolute Gasteiger partial charge is 0.0622 e. The van der Waals surface area contributed by atoms with Crippen LogP contribution in [0, 0.1) is 5.92 Å². The number of morpholine rings is 1. The molecule has 3 heteroatoms. The van der Waals surface area contributed by atoms with Crippen LogP contribution in [0.2, 0.25) is 0 Å². The first-order valence-electron chi connectivity index (χ1n) is 6.37. The van der Waals surface area contributed by atoms with Gasteiger partial charge in [-0.05, 0) is 31.8 Å². The number of hydrogen-bond donors (Lipinski definition) is 1. The number of rotatable bonds is 2. The van der Waals surface area contributed by atoms with E-state index in [1.807, 2.05) is 0 Å². The van der Waals surface area contributed by atoms with Gasteiger partial charge < -0.3 is 10.1 Å². The lowest BCUT2D eigenvalue weighted by atomic mass is 9.92. The molecule has 0 saturated carbocycles. The summed E-state index contributed by atoms with van der Waals surface area (Å²) >= 11 is 0. The van der Waals surface area contributed by atoms with Gasteiger partial charge in [-0.3, -0.25) is 4.90 Å². The van der Waals surface area contributed by atoms with Gasteiger partial charge >= 0.3 is 0 Å². The van der Waals surface area contributed by atoms with E-state index in [-0.39, 0.29) is 0 Å². The van der Waals surface area contributed by atoms with Crippen molar-refractivity contribution in [2.45, 2.75) is 38.8 Å². The van der Waals surface area contributed by atoms with Crippen LogP contribution in [-0.4, -0.2) is 49.8 Å². The van der Waals surface area contributed by atoms with Crippen LogP contribution in [-0.2, 0) is 4.74 Å². The van der Waals surface area contributed by atoms with Crippen molar-refractivity contribution in [3.8, 4) is 0 Å². The van der Waals surface area contributed by atoms with Gasteiger partial charge in [0.25, 0.3) is 0 Å². The van der Waals surface area contributed by atoms with Crippen LogP contribution >= 0.6 is 0 Å². The normalized spacial score (nSPS) is 39.2. The molecule has 2 saturated heterocycles. The van der Waals surface area contributed by atoms with Gasteiger partial charge in [0.2, 0.25) is 0 Å². The number of piperidine rings is 1. The summed E-state index contributed by atoms with van der Waals surface area (Å²) in [6, 6.07) is 1.43. The van der Waals surface area contributed by atoms with Crippen molar-refractivity contribution in [3.63, 3.8) is 0 Å². The standard InChI is InChI=1S/C12H24N2O/c1-3-11-9-15-7-6-14(11)12-4-5-13-8-10(12)2/h10-13H,3-9H2,1-2H3. The van der Waals surface area contributed by atoms with Crippen molar-refractivity contribution in [2.75, 3.05) is 32.8 Å². The molecule has 0 bridgehead atoms. The third-order valence-corrected chi connectivity index (χ3v) is 3.91. The highest BCUT2D eigenvalue weighted by Gasteiger charge is 2.32. The Bertz CT molecular complexity index is 198. The maximum atomic E-state index is 5.57. The molecule has 0 radical (unpaired) electrons. The van der Waals surface area contributed by atoms with Gasteiger partial charge in [0, 0.05) is 18.6 Å². The summed E-state index contributed by atoms with van der Waals surface area (Å²) in [5.74, 6) is 0.783. The molecular weight excluding hydrogens is 188 g/mol. The predicted molar refractivity (Wildman–Crippen MR) is 62.0 cm³/mol. The molecule has 2 heterocycles. The van der Waals surface area contributed by atoms with Crippen LogP contribution in [0.25, 0.3) is 0 Å². The third-order valence-electron chi connectivity index (χ3n) is 3.91. The molecule has 1 N–H and O–H groups in total. The predicted octanol–water partition coefficient (Wildman–Crippen LogP) is 1.10. The van der Waals surface area contributed by atoms with Gasteiger partial charge in [0.05, 0.1) is 13.2 Å². The number of ether oxygens (including phenoxy) is 1. The average Bonchev–Trinajstić information content (AvgIpc) is 2.30. The molecule has 0 aromatic rings. The van der Waals surface area contributed by atoms with Gasteiger partial charge in [0.15, 0.2) is 0 Å². The summed E-state index contributed by atoms with van der Waals surface area (Å²) in [6.07, 6.45) is 2.52. The van der Waals surface area contributed by atoms with Gasteiger partial charge in [-0.15, -0.1) is 0 Å². The summed E-state index contributed by atoms with van der Waals surface area (Å²) in [5.41, 5.74) is 0. The highest BCUT2D eigenvalue weighted by atomic mass is 16.5. The Kier molecular flexibility index (Phi) is 4.00. The van der Waals surface area contributed by atoms with E-state index in [0.717, 1.165) is 31.7 Å². The van der Waals surface area contributed by atoms with Crippen LogP contribution in [0.15, 0.2) is 0 Å². The molecular formula is C12H24N2O. The SMILES string of the molecule is CCC1COCCN1C1CCNCC1C. The fourth-order valence-corrected chi connectivity index (χ4v) is 2.95. The van der Waals surface area contributed by atoms with Crippen LogP contribution in [0.5, 0.6) is 0 Å². The zero-order valence-corrected chi connectivity index (χ0v) is 10.0. The van der Waals surface area contributed by atoms with E-state index in [4.69, 9.17) is 4.74 Å². The van der Waals surface area contributed by atoms with Crippen molar-refractivity contribution in [1.82, 2.24) is 10.2 Å². The monoisotopic (exact) mass is 212 g/mol. The fraction of sp³-hybridized carbons (Fsp3) is 1.00. The van der Waals surface area contributed by atoms with Crippen molar-refractivity contribution < 1.29 is 4.74 Å². The van der Waals surface area contributed by atoms with Crippen molar-refractivity contribution in [1.29, 1.82) is 0 Å². The number of hydrogen-bond acceptors (Lipinski definition) is 3. The molecule has 15 heavy (non-hydrogen) atoms. The maximum absolute atomic E-state index is 5.57. The van der Waals surface area contributed by atoms with E-state index in [2.05, 4.69) is 24.1 Å². The van der Waals surface area contributed by atoms with E-state index < -0.39 is 0 Å². The van der Waals surface area contributed by atoms with Crippen LogP contribution < -0.4 is 5.32 Å². The minimum atomic E-state index is 0.657. The van der Waals surface area contributed by atoms with E-state index in [1.54, 1.807) is 0 Å². The highest BCUT2D eigenvalue weighted by molar-refractivity contribution is 4.87. The molecule has 88 valence electrons. The maximum Gasteiger partial charge on any atom is 0.0622 e. The summed E-state index contributed by atoms with van der Waals surface area (Å²) in [6.45, 7) is 10.0. The first-order chi connectivity index (χ1) is 7.33. The lowest BCUT2D eigenvalue weighted by Crippen LogP contribution is -2.56. The fourth-order valence-electron chi connectivity index (χ4n) is 2.95. The van der Waals surface area contributed by atoms with E-state index in [0.29, 0.717) is 6.04 Å². The van der Waals surface area contributed by atoms with E-state index >= 15 is 0 Å². The lowest BCUT2D eigenvalue weighted by Gasteiger charge is -2.45. The Morgan fingerprint density at radius 3 is 3.07 bits per heavy atom. The molecule has 0 aliphatic carbocycles. The number of nitrogens with zero attached hydrogens (tertiary/aromatic N) is 1. The second-order valence-corrected chi connectivity index (χ2v) is 4.91.